The molecule has 0 atom stereocenters. The molecule has 1 saturated heterocycles. The lowest BCUT2D eigenvalue weighted by molar-refractivity contribution is -0.121. The zero-order valence-corrected chi connectivity index (χ0v) is 18.0. The topological polar surface area (TPSA) is 41.9 Å². The summed E-state index contributed by atoms with van der Waals surface area (Å²) in [5.41, 5.74) is 1.76. The molecule has 1 fully saturated rings. The van der Waals surface area contributed by atoms with E-state index in [0.29, 0.717) is 16.7 Å². The smallest absolute Gasteiger partial charge is 0.266 e. The molecule has 28 heavy (non-hydrogen) atoms. The minimum atomic E-state index is -0.0480. The molecule has 0 saturated carbocycles. The molecule has 1 aliphatic heterocycles. The first-order chi connectivity index (χ1) is 13.6. The summed E-state index contributed by atoms with van der Waals surface area (Å²) in [5.74, 6) is 0.755. The first kappa shape index (κ1) is 20.6. The number of benzene rings is 2. The number of nitrogens with zero attached hydrogens (tertiary/aromatic N) is 2. The van der Waals surface area contributed by atoms with Crippen LogP contribution in [0.5, 0.6) is 5.75 Å². The Morgan fingerprint density at radius 2 is 2.04 bits per heavy atom. The van der Waals surface area contributed by atoms with Crippen molar-refractivity contribution < 1.29 is 9.53 Å². The number of hydrogen-bond acceptors (Lipinski definition) is 5. The molecule has 2 aromatic rings. The van der Waals surface area contributed by atoms with Crippen LogP contribution < -0.4 is 4.74 Å². The van der Waals surface area contributed by atoms with Crippen LogP contribution in [0.15, 0.2) is 63.3 Å². The first-order valence-electron chi connectivity index (χ1n) is 9.24. The van der Waals surface area contributed by atoms with Crippen LogP contribution >= 0.6 is 23.5 Å². The van der Waals surface area contributed by atoms with Crippen LogP contribution in [0.4, 0.5) is 5.69 Å². The van der Waals surface area contributed by atoms with Crippen LogP contribution in [-0.2, 0) is 4.79 Å². The van der Waals surface area contributed by atoms with E-state index in [4.69, 9.17) is 4.74 Å². The number of amidine groups is 1. The fourth-order valence-electron chi connectivity index (χ4n) is 2.64. The van der Waals surface area contributed by atoms with E-state index < -0.39 is 0 Å². The average Bonchev–Trinajstić information content (AvgIpc) is 2.97. The van der Waals surface area contributed by atoms with E-state index in [9.17, 15) is 4.79 Å². The normalized spacial score (nSPS) is 17.0. The third-order valence-corrected chi connectivity index (χ3v) is 6.03. The second-order valence-electron chi connectivity index (χ2n) is 6.31. The van der Waals surface area contributed by atoms with Crippen molar-refractivity contribution >= 4 is 46.4 Å². The van der Waals surface area contributed by atoms with Crippen LogP contribution in [0.25, 0.3) is 6.08 Å². The van der Waals surface area contributed by atoms with Gasteiger partial charge in [-0.3, -0.25) is 9.69 Å². The van der Waals surface area contributed by atoms with Crippen molar-refractivity contribution in [2.45, 2.75) is 24.7 Å². The van der Waals surface area contributed by atoms with Gasteiger partial charge in [-0.15, -0.1) is 11.8 Å². The number of rotatable bonds is 7. The SMILES string of the molecule is CCCCOc1ccccc1/C=C1/SC(=Nc2cccc(SC)c2)N(C)C1=O. The molecule has 146 valence electrons. The molecule has 0 aliphatic carbocycles. The maximum absolute atomic E-state index is 12.7. The molecule has 0 spiro atoms. The second-order valence-corrected chi connectivity index (χ2v) is 8.20. The summed E-state index contributed by atoms with van der Waals surface area (Å²) >= 11 is 3.06. The molecule has 3 rings (SSSR count). The lowest BCUT2D eigenvalue weighted by Crippen LogP contribution is -2.23. The van der Waals surface area contributed by atoms with Crippen LogP contribution in [-0.4, -0.2) is 35.9 Å². The van der Waals surface area contributed by atoms with Gasteiger partial charge in [0.25, 0.3) is 5.91 Å². The quantitative estimate of drug-likeness (QED) is 0.326. The molecule has 0 radical (unpaired) electrons. The molecule has 2 aromatic carbocycles. The predicted octanol–water partition coefficient (Wildman–Crippen LogP) is 5.82. The van der Waals surface area contributed by atoms with E-state index in [1.165, 1.54) is 11.8 Å². The second kappa shape index (κ2) is 9.85. The van der Waals surface area contributed by atoms with E-state index in [1.807, 2.05) is 60.9 Å². The zero-order valence-electron chi connectivity index (χ0n) is 16.3. The van der Waals surface area contributed by atoms with Gasteiger partial charge in [-0.2, -0.15) is 0 Å². The van der Waals surface area contributed by atoms with Gasteiger partial charge in [-0.25, -0.2) is 4.99 Å². The molecule has 4 nitrogen and oxygen atoms in total. The Hall–Kier alpha value is -2.18. The van der Waals surface area contributed by atoms with E-state index >= 15 is 0 Å². The third-order valence-electron chi connectivity index (χ3n) is 4.24. The predicted molar refractivity (Wildman–Crippen MR) is 121 cm³/mol. The number of para-hydroxylation sites is 1. The van der Waals surface area contributed by atoms with E-state index in [2.05, 4.69) is 11.9 Å². The van der Waals surface area contributed by atoms with Crippen LogP contribution in [0.3, 0.4) is 0 Å². The molecule has 1 amide bonds. The number of carbonyl (C=O) groups is 1. The highest BCUT2D eigenvalue weighted by atomic mass is 32.2. The number of unbranched alkanes of at least 4 members (excludes halogenated alkanes) is 1. The van der Waals surface area contributed by atoms with Crippen LogP contribution in [0.1, 0.15) is 25.3 Å². The molecular weight excluding hydrogens is 388 g/mol. The molecule has 1 heterocycles. The summed E-state index contributed by atoms with van der Waals surface area (Å²) in [6.45, 7) is 2.81. The third kappa shape index (κ3) is 5.00. The monoisotopic (exact) mass is 412 g/mol. The Labute approximate surface area is 175 Å². The molecule has 6 heteroatoms. The van der Waals surface area contributed by atoms with Gasteiger partial charge in [-0.05, 0) is 54.8 Å². The van der Waals surface area contributed by atoms with Crippen LogP contribution in [0, 0.1) is 0 Å². The lowest BCUT2D eigenvalue weighted by Gasteiger charge is -2.09. The number of ether oxygens (including phenoxy) is 1. The van der Waals surface area contributed by atoms with Gasteiger partial charge < -0.3 is 4.74 Å². The molecule has 0 N–H and O–H groups in total. The highest BCUT2D eigenvalue weighted by molar-refractivity contribution is 8.18. The summed E-state index contributed by atoms with van der Waals surface area (Å²) in [6.07, 6.45) is 6.02. The van der Waals surface area contributed by atoms with Crippen molar-refractivity contribution in [1.82, 2.24) is 4.90 Å². The lowest BCUT2D eigenvalue weighted by atomic mass is 10.2. The maximum atomic E-state index is 12.7. The van der Waals surface area contributed by atoms with Gasteiger partial charge in [0.2, 0.25) is 0 Å². The maximum Gasteiger partial charge on any atom is 0.266 e. The minimum Gasteiger partial charge on any atom is -0.493 e. The van der Waals surface area contributed by atoms with Crippen molar-refractivity contribution in [2.75, 3.05) is 19.9 Å². The van der Waals surface area contributed by atoms with Gasteiger partial charge in [0.1, 0.15) is 5.75 Å². The average molecular weight is 413 g/mol. The zero-order chi connectivity index (χ0) is 19.9. The Morgan fingerprint density at radius 3 is 2.82 bits per heavy atom. The van der Waals surface area contributed by atoms with Crippen molar-refractivity contribution in [2.24, 2.45) is 4.99 Å². The Morgan fingerprint density at radius 1 is 1.21 bits per heavy atom. The fourth-order valence-corrected chi connectivity index (χ4v) is 4.07. The number of hydrogen-bond donors (Lipinski definition) is 0. The van der Waals surface area contributed by atoms with Gasteiger partial charge in [0.15, 0.2) is 5.17 Å². The molecule has 0 unspecified atom stereocenters. The first-order valence-corrected chi connectivity index (χ1v) is 11.3. The van der Waals surface area contributed by atoms with Crippen molar-refractivity contribution in [3.63, 3.8) is 0 Å². The van der Waals surface area contributed by atoms with Crippen molar-refractivity contribution in [3.8, 4) is 5.75 Å². The van der Waals surface area contributed by atoms with E-state index in [0.717, 1.165) is 34.7 Å². The van der Waals surface area contributed by atoms with E-state index in [1.54, 1.807) is 23.7 Å². The Bertz CT molecular complexity index is 909. The largest absolute Gasteiger partial charge is 0.493 e. The highest BCUT2D eigenvalue weighted by Crippen LogP contribution is 2.35. The van der Waals surface area contributed by atoms with Crippen molar-refractivity contribution in [1.29, 1.82) is 0 Å². The number of carbonyl (C=O) groups excluding carboxylic acids is 1. The standard InChI is InChI=1S/C22H24N2O2S2/c1-4-5-13-26-19-12-7-6-9-16(19)14-20-21(25)24(2)22(28-20)23-17-10-8-11-18(15-17)27-3/h6-12,14-15H,4-5,13H2,1-3H3/b20-14+,23-22?. The number of amides is 1. The van der Waals surface area contributed by atoms with Crippen LogP contribution in [0.2, 0.25) is 0 Å². The number of likely N-dealkylation sites (N-methyl/N-ethyl adjacent to an activating group) is 1. The van der Waals surface area contributed by atoms with E-state index in [-0.39, 0.29) is 5.91 Å². The summed E-state index contributed by atoms with van der Waals surface area (Å²) < 4.78 is 5.89. The summed E-state index contributed by atoms with van der Waals surface area (Å²) in [4.78, 5) is 20.8. The number of aliphatic imine (C=N–C) groups is 1. The number of thioether (sulfide) groups is 2. The van der Waals surface area contributed by atoms with Gasteiger partial charge in [-0.1, -0.05) is 37.6 Å². The fraction of sp³-hybridized carbons (Fsp3) is 0.273. The molecular formula is C22H24N2O2S2. The summed E-state index contributed by atoms with van der Waals surface area (Å²) in [5, 5.41) is 0.680. The van der Waals surface area contributed by atoms with Crippen molar-refractivity contribution in [3.05, 3.63) is 59.0 Å². The van der Waals surface area contributed by atoms with Gasteiger partial charge >= 0.3 is 0 Å². The van der Waals surface area contributed by atoms with Gasteiger partial charge in [0, 0.05) is 17.5 Å². The summed E-state index contributed by atoms with van der Waals surface area (Å²) in [6, 6.07) is 15.8. The Kier molecular flexibility index (Phi) is 7.23. The minimum absolute atomic E-state index is 0.0480. The van der Waals surface area contributed by atoms with Gasteiger partial charge in [0.05, 0.1) is 17.2 Å². The summed E-state index contributed by atoms with van der Waals surface area (Å²) in [7, 11) is 1.76. The molecule has 0 bridgehead atoms. The highest BCUT2D eigenvalue weighted by Gasteiger charge is 2.30. The Balaban J connectivity index is 1.84. The molecule has 1 aliphatic rings. The molecule has 0 aromatic heterocycles.